The van der Waals surface area contributed by atoms with Crippen LogP contribution in [0.15, 0.2) is 41.1 Å². The molecule has 130 valence electrons. The predicted molar refractivity (Wildman–Crippen MR) is 99.7 cm³/mol. The van der Waals surface area contributed by atoms with Crippen LogP contribution in [0, 0.1) is 0 Å². The van der Waals surface area contributed by atoms with Crippen LogP contribution < -0.4 is 4.72 Å². The summed E-state index contributed by atoms with van der Waals surface area (Å²) in [4.78, 5) is 2.39. The second-order valence-electron chi connectivity index (χ2n) is 6.23. The summed E-state index contributed by atoms with van der Waals surface area (Å²) in [5, 5.41) is 4.18. The van der Waals surface area contributed by atoms with E-state index in [0.717, 1.165) is 19.5 Å². The van der Waals surface area contributed by atoms with Crippen molar-refractivity contribution in [3.63, 3.8) is 0 Å². The standard InChI is InChI=1S/C18H24N2O2S2/c1-2-11-24(21,22)19-12-18(17-8-10-23-14-17)20-9-7-15-5-3-4-6-16(15)13-20/h3-6,8,10,14,18-19H,2,7,9,11-13H2,1H3. The molecule has 0 saturated carbocycles. The summed E-state index contributed by atoms with van der Waals surface area (Å²) in [6.07, 6.45) is 1.65. The van der Waals surface area contributed by atoms with E-state index >= 15 is 0 Å². The van der Waals surface area contributed by atoms with Crippen LogP contribution in [0.2, 0.25) is 0 Å². The summed E-state index contributed by atoms with van der Waals surface area (Å²) in [6, 6.07) is 10.7. The molecular formula is C18H24N2O2S2. The molecule has 0 bridgehead atoms. The molecule has 0 aliphatic carbocycles. The maximum Gasteiger partial charge on any atom is 0.211 e. The van der Waals surface area contributed by atoms with Crippen LogP contribution in [0.25, 0.3) is 0 Å². The molecule has 3 rings (SSSR count). The van der Waals surface area contributed by atoms with E-state index < -0.39 is 10.0 Å². The van der Waals surface area contributed by atoms with Gasteiger partial charge in [0.05, 0.1) is 5.75 Å². The summed E-state index contributed by atoms with van der Waals surface area (Å²) < 4.78 is 26.9. The largest absolute Gasteiger partial charge is 0.290 e. The minimum Gasteiger partial charge on any atom is -0.290 e. The van der Waals surface area contributed by atoms with Gasteiger partial charge in [-0.15, -0.1) is 0 Å². The van der Waals surface area contributed by atoms with E-state index in [2.05, 4.69) is 50.7 Å². The van der Waals surface area contributed by atoms with Gasteiger partial charge in [0, 0.05) is 25.7 Å². The van der Waals surface area contributed by atoms with Gasteiger partial charge in [0.2, 0.25) is 10.0 Å². The number of nitrogens with zero attached hydrogens (tertiary/aromatic N) is 1. The summed E-state index contributed by atoms with van der Waals surface area (Å²) >= 11 is 1.66. The van der Waals surface area contributed by atoms with Gasteiger partial charge in [0.15, 0.2) is 0 Å². The monoisotopic (exact) mass is 364 g/mol. The Morgan fingerprint density at radius 3 is 2.75 bits per heavy atom. The third kappa shape index (κ3) is 4.25. The molecule has 1 N–H and O–H groups in total. The first-order valence-corrected chi connectivity index (χ1v) is 11.0. The number of hydrogen-bond acceptors (Lipinski definition) is 4. The lowest BCUT2D eigenvalue weighted by Crippen LogP contribution is -2.41. The summed E-state index contributed by atoms with van der Waals surface area (Å²) in [7, 11) is -3.19. The zero-order chi connectivity index (χ0) is 17.0. The minimum atomic E-state index is -3.19. The van der Waals surface area contributed by atoms with E-state index in [1.165, 1.54) is 16.7 Å². The fourth-order valence-electron chi connectivity index (χ4n) is 3.25. The Morgan fingerprint density at radius 1 is 1.25 bits per heavy atom. The van der Waals surface area contributed by atoms with Crippen LogP contribution in [0.4, 0.5) is 0 Å². The number of thiophene rings is 1. The minimum absolute atomic E-state index is 0.0798. The van der Waals surface area contributed by atoms with Crippen molar-refractivity contribution in [3.05, 3.63) is 57.8 Å². The van der Waals surface area contributed by atoms with E-state index in [-0.39, 0.29) is 11.8 Å². The van der Waals surface area contributed by atoms with Crippen molar-refractivity contribution in [2.75, 3.05) is 18.8 Å². The van der Waals surface area contributed by atoms with E-state index in [9.17, 15) is 8.42 Å². The van der Waals surface area contributed by atoms with Crippen molar-refractivity contribution in [3.8, 4) is 0 Å². The molecule has 1 aliphatic rings. The van der Waals surface area contributed by atoms with Crippen molar-refractivity contribution in [1.82, 2.24) is 9.62 Å². The van der Waals surface area contributed by atoms with E-state index in [1.807, 2.05) is 6.92 Å². The highest BCUT2D eigenvalue weighted by atomic mass is 32.2. The SMILES string of the molecule is CCCS(=O)(=O)NCC(c1ccsc1)N1CCc2ccccc2C1. The van der Waals surface area contributed by atoms with Gasteiger partial charge < -0.3 is 0 Å². The van der Waals surface area contributed by atoms with Gasteiger partial charge in [-0.3, -0.25) is 4.90 Å². The fraction of sp³-hybridized carbons (Fsp3) is 0.444. The zero-order valence-corrected chi connectivity index (χ0v) is 15.6. The molecule has 1 aromatic carbocycles. The van der Waals surface area contributed by atoms with Gasteiger partial charge in [-0.2, -0.15) is 11.3 Å². The molecule has 0 radical (unpaired) electrons. The molecule has 2 heterocycles. The van der Waals surface area contributed by atoms with Crippen LogP contribution in [-0.2, 0) is 23.0 Å². The number of nitrogens with one attached hydrogen (secondary N) is 1. The molecule has 6 heteroatoms. The van der Waals surface area contributed by atoms with Crippen molar-refractivity contribution >= 4 is 21.4 Å². The molecule has 24 heavy (non-hydrogen) atoms. The fourth-order valence-corrected chi connectivity index (χ4v) is 5.05. The zero-order valence-electron chi connectivity index (χ0n) is 13.9. The van der Waals surface area contributed by atoms with Crippen molar-refractivity contribution < 1.29 is 8.42 Å². The van der Waals surface area contributed by atoms with Gasteiger partial charge in [-0.1, -0.05) is 31.2 Å². The highest BCUT2D eigenvalue weighted by Crippen LogP contribution is 2.28. The van der Waals surface area contributed by atoms with Crippen LogP contribution in [0.5, 0.6) is 0 Å². The molecule has 4 nitrogen and oxygen atoms in total. The maximum atomic E-state index is 12.1. The Balaban J connectivity index is 1.77. The number of hydrogen-bond donors (Lipinski definition) is 1. The molecule has 1 aromatic heterocycles. The lowest BCUT2D eigenvalue weighted by atomic mass is 9.97. The molecule has 0 fully saturated rings. The Labute approximate surface area is 148 Å². The van der Waals surface area contributed by atoms with Gasteiger partial charge in [-0.05, 0) is 46.4 Å². The quantitative estimate of drug-likeness (QED) is 0.821. The third-order valence-corrected chi connectivity index (χ3v) is 6.75. The first-order valence-electron chi connectivity index (χ1n) is 8.39. The van der Waals surface area contributed by atoms with Gasteiger partial charge in [0.25, 0.3) is 0 Å². The second kappa shape index (κ2) is 7.78. The Morgan fingerprint density at radius 2 is 2.04 bits per heavy atom. The summed E-state index contributed by atoms with van der Waals surface area (Å²) in [5.74, 6) is 0.187. The molecule has 1 atom stereocenters. The van der Waals surface area contributed by atoms with Gasteiger partial charge >= 0.3 is 0 Å². The summed E-state index contributed by atoms with van der Waals surface area (Å²) in [5.41, 5.74) is 3.95. The van der Waals surface area contributed by atoms with Gasteiger partial charge in [0.1, 0.15) is 0 Å². The first kappa shape index (κ1) is 17.6. The van der Waals surface area contributed by atoms with Crippen LogP contribution in [-0.4, -0.2) is 32.2 Å². The third-order valence-electron chi connectivity index (χ3n) is 4.50. The second-order valence-corrected chi connectivity index (χ2v) is 8.94. The average molecular weight is 365 g/mol. The Hall–Kier alpha value is -1.21. The van der Waals surface area contributed by atoms with Crippen LogP contribution in [0.3, 0.4) is 0 Å². The number of fused-ring (bicyclic) bond motifs is 1. The van der Waals surface area contributed by atoms with Crippen molar-refractivity contribution in [2.45, 2.75) is 32.4 Å². The van der Waals surface area contributed by atoms with Crippen molar-refractivity contribution in [1.29, 1.82) is 0 Å². The number of benzene rings is 1. The highest BCUT2D eigenvalue weighted by Gasteiger charge is 2.26. The molecular weight excluding hydrogens is 340 g/mol. The molecule has 0 saturated heterocycles. The van der Waals surface area contributed by atoms with Gasteiger partial charge in [-0.25, -0.2) is 13.1 Å². The highest BCUT2D eigenvalue weighted by molar-refractivity contribution is 7.89. The molecule has 1 aliphatic heterocycles. The lowest BCUT2D eigenvalue weighted by molar-refractivity contribution is 0.181. The van der Waals surface area contributed by atoms with E-state index in [1.54, 1.807) is 11.3 Å². The summed E-state index contributed by atoms with van der Waals surface area (Å²) in [6.45, 7) is 4.14. The Bertz CT molecular complexity index is 757. The van der Waals surface area contributed by atoms with Crippen LogP contribution >= 0.6 is 11.3 Å². The topological polar surface area (TPSA) is 49.4 Å². The average Bonchev–Trinajstić information content (AvgIpc) is 3.09. The number of rotatable bonds is 7. The predicted octanol–water partition coefficient (Wildman–Crippen LogP) is 3.18. The first-order chi connectivity index (χ1) is 11.6. The van der Waals surface area contributed by atoms with E-state index in [0.29, 0.717) is 13.0 Å². The molecule has 0 spiro atoms. The van der Waals surface area contributed by atoms with Crippen LogP contribution in [0.1, 0.15) is 36.1 Å². The maximum absolute atomic E-state index is 12.1. The lowest BCUT2D eigenvalue weighted by Gasteiger charge is -2.35. The normalized spacial score (nSPS) is 16.7. The molecule has 0 amide bonds. The number of sulfonamides is 1. The van der Waals surface area contributed by atoms with E-state index in [4.69, 9.17) is 0 Å². The molecule has 2 aromatic rings. The smallest absolute Gasteiger partial charge is 0.211 e. The molecule has 1 unspecified atom stereocenters. The van der Waals surface area contributed by atoms with Crippen molar-refractivity contribution in [2.24, 2.45) is 0 Å². The Kier molecular flexibility index (Phi) is 5.71.